The van der Waals surface area contributed by atoms with Crippen molar-refractivity contribution in [2.75, 3.05) is 19.8 Å². The van der Waals surface area contributed by atoms with Gasteiger partial charge < -0.3 is 24.3 Å². The van der Waals surface area contributed by atoms with Gasteiger partial charge in [0.1, 0.15) is 22.7 Å². The molecule has 7 nitrogen and oxygen atoms in total. The van der Waals surface area contributed by atoms with Crippen molar-refractivity contribution in [1.29, 1.82) is 0 Å². The highest BCUT2D eigenvalue weighted by atomic mass is 35.5. The molecule has 0 spiro atoms. The molecule has 0 unspecified atom stereocenters. The highest BCUT2D eigenvalue weighted by Crippen LogP contribution is 2.41. The highest BCUT2D eigenvalue weighted by Gasteiger charge is 2.18. The Morgan fingerprint density at radius 1 is 0.737 bits per heavy atom. The maximum absolute atomic E-state index is 11.8. The van der Waals surface area contributed by atoms with Gasteiger partial charge in [-0.3, -0.25) is 4.79 Å². The van der Waals surface area contributed by atoms with Gasteiger partial charge >= 0.3 is 12.1 Å². The second-order valence-electron chi connectivity index (χ2n) is 10.8. The summed E-state index contributed by atoms with van der Waals surface area (Å²) in [5.41, 5.74) is 0.417. The van der Waals surface area contributed by atoms with Gasteiger partial charge in [-0.1, -0.05) is 47.5 Å². The molecule has 2 aromatic rings. The van der Waals surface area contributed by atoms with Crippen LogP contribution in [0.3, 0.4) is 0 Å². The van der Waals surface area contributed by atoms with Crippen LogP contribution in [0.1, 0.15) is 67.2 Å². The van der Waals surface area contributed by atoms with Crippen LogP contribution in [-0.2, 0) is 14.3 Å². The predicted octanol–water partition coefficient (Wildman–Crippen LogP) is 7.84. The molecule has 2 aromatic carbocycles. The number of carbonyl (C=O) groups is 2. The molecule has 0 saturated carbocycles. The van der Waals surface area contributed by atoms with E-state index in [2.05, 4.69) is 5.32 Å². The lowest BCUT2D eigenvalue weighted by atomic mass is 10.0. The molecule has 0 aromatic heterocycles. The predicted molar refractivity (Wildman–Crippen MR) is 151 cm³/mol. The lowest BCUT2D eigenvalue weighted by molar-refractivity contribution is -0.154. The zero-order valence-corrected chi connectivity index (χ0v) is 24.6. The number of esters is 1. The van der Waals surface area contributed by atoms with Crippen LogP contribution >= 0.6 is 23.2 Å². The summed E-state index contributed by atoms with van der Waals surface area (Å²) >= 11 is 13.3. The van der Waals surface area contributed by atoms with E-state index in [9.17, 15) is 9.59 Å². The lowest BCUT2D eigenvalue weighted by Gasteiger charge is -2.19. The number of hydrogen-bond acceptors (Lipinski definition) is 6. The van der Waals surface area contributed by atoms with Crippen LogP contribution in [0.25, 0.3) is 11.1 Å². The van der Waals surface area contributed by atoms with Gasteiger partial charge in [-0.2, -0.15) is 0 Å². The molecule has 0 aliphatic heterocycles. The average Bonchev–Trinajstić information content (AvgIpc) is 2.78. The van der Waals surface area contributed by atoms with Gasteiger partial charge in [0.15, 0.2) is 0 Å². The van der Waals surface area contributed by atoms with Crippen molar-refractivity contribution in [3.05, 3.63) is 46.4 Å². The first kappa shape index (κ1) is 31.6. The van der Waals surface area contributed by atoms with Gasteiger partial charge in [-0.25, -0.2) is 4.79 Å². The number of carbonyl (C=O) groups excluding carboxylic acids is 2. The molecule has 0 aliphatic rings. The van der Waals surface area contributed by atoms with Crippen LogP contribution in [-0.4, -0.2) is 43.0 Å². The van der Waals surface area contributed by atoms with Gasteiger partial charge in [0.05, 0.1) is 23.3 Å². The van der Waals surface area contributed by atoms with Gasteiger partial charge in [0.2, 0.25) is 0 Å². The fraction of sp³-hybridized carbons (Fsp3) is 0.517. The smallest absolute Gasteiger partial charge is 0.407 e. The van der Waals surface area contributed by atoms with Gasteiger partial charge in [0, 0.05) is 24.1 Å². The molecular weight excluding hydrogens is 529 g/mol. The highest BCUT2D eigenvalue weighted by molar-refractivity contribution is 6.38. The summed E-state index contributed by atoms with van der Waals surface area (Å²) < 4.78 is 22.3. The molecular formula is C29H39Cl2NO6. The van der Waals surface area contributed by atoms with Gasteiger partial charge in [-0.05, 0) is 72.9 Å². The van der Waals surface area contributed by atoms with E-state index in [1.54, 1.807) is 12.1 Å². The van der Waals surface area contributed by atoms with Crippen molar-refractivity contribution in [2.45, 2.75) is 78.4 Å². The molecule has 0 heterocycles. The zero-order chi connectivity index (χ0) is 28.3. The number of hydrogen-bond donors (Lipinski definition) is 1. The summed E-state index contributed by atoms with van der Waals surface area (Å²) in [5.74, 6) is 0.844. The summed E-state index contributed by atoms with van der Waals surface area (Å²) in [6.07, 6.45) is 1.81. The first-order valence-electron chi connectivity index (χ1n) is 12.8. The number of unbranched alkanes of at least 4 members (excludes halogenated alkanes) is 1. The van der Waals surface area contributed by atoms with Crippen molar-refractivity contribution in [3.63, 3.8) is 0 Å². The van der Waals surface area contributed by atoms with Crippen molar-refractivity contribution in [3.8, 4) is 22.6 Å². The second kappa shape index (κ2) is 14.5. The first-order chi connectivity index (χ1) is 17.8. The summed E-state index contributed by atoms with van der Waals surface area (Å²) in [6, 6.07) is 11.0. The number of amides is 1. The van der Waals surface area contributed by atoms with E-state index in [1.165, 1.54) is 0 Å². The fourth-order valence-electron chi connectivity index (χ4n) is 3.37. The number of alkyl carbamates (subject to hydrolysis) is 1. The summed E-state index contributed by atoms with van der Waals surface area (Å²) in [6.45, 7) is 12.2. The Morgan fingerprint density at radius 2 is 1.24 bits per heavy atom. The maximum atomic E-state index is 11.8. The first-order valence-corrected chi connectivity index (χ1v) is 13.5. The minimum atomic E-state index is -0.542. The van der Waals surface area contributed by atoms with Crippen molar-refractivity contribution < 1.29 is 28.5 Å². The third kappa shape index (κ3) is 11.4. The summed E-state index contributed by atoms with van der Waals surface area (Å²) in [5, 5.41) is 3.58. The number of rotatable bonds is 12. The Labute approximate surface area is 236 Å². The van der Waals surface area contributed by atoms with Crippen molar-refractivity contribution in [2.24, 2.45) is 0 Å². The molecule has 1 N–H and O–H groups in total. The lowest BCUT2D eigenvalue weighted by Crippen LogP contribution is -2.33. The molecule has 0 fully saturated rings. The third-order valence-electron chi connectivity index (χ3n) is 4.92. The minimum absolute atomic E-state index is 0.214. The van der Waals surface area contributed by atoms with Crippen LogP contribution in [0.4, 0.5) is 4.79 Å². The van der Waals surface area contributed by atoms with Crippen molar-refractivity contribution >= 4 is 35.3 Å². The molecule has 0 aliphatic carbocycles. The van der Waals surface area contributed by atoms with E-state index in [1.807, 2.05) is 65.8 Å². The molecule has 0 atom stereocenters. The van der Waals surface area contributed by atoms with Crippen LogP contribution in [0.5, 0.6) is 11.5 Å². The molecule has 9 heteroatoms. The van der Waals surface area contributed by atoms with Crippen molar-refractivity contribution in [1.82, 2.24) is 5.32 Å². The largest absolute Gasteiger partial charge is 0.492 e. The molecule has 1 amide bonds. The van der Waals surface area contributed by atoms with E-state index >= 15 is 0 Å². The number of halogens is 2. The minimum Gasteiger partial charge on any atom is -0.492 e. The molecule has 0 saturated heterocycles. The molecule has 2 rings (SSSR count). The maximum Gasteiger partial charge on any atom is 0.407 e. The average molecular weight is 569 g/mol. The molecule has 210 valence electrons. The van der Waals surface area contributed by atoms with E-state index in [-0.39, 0.29) is 5.97 Å². The van der Waals surface area contributed by atoms with E-state index < -0.39 is 17.3 Å². The number of benzene rings is 2. The Hall–Kier alpha value is -2.64. The van der Waals surface area contributed by atoms with Gasteiger partial charge in [0.25, 0.3) is 0 Å². The fourth-order valence-corrected chi connectivity index (χ4v) is 3.93. The number of nitrogens with one attached hydrogen (secondary N) is 1. The van der Waals surface area contributed by atoms with Crippen LogP contribution in [0.2, 0.25) is 10.0 Å². The Morgan fingerprint density at radius 3 is 1.74 bits per heavy atom. The topological polar surface area (TPSA) is 83.1 Å². The Bertz CT molecular complexity index is 990. The molecule has 0 bridgehead atoms. The van der Waals surface area contributed by atoms with Crippen LogP contribution in [0.15, 0.2) is 36.4 Å². The van der Waals surface area contributed by atoms with E-state index in [0.29, 0.717) is 67.0 Å². The standard InChI is InChI=1S/C29H39Cl2NO6/c1-28(2,3)37-24(33)16-7-8-18-35-22-14-9-12-20(25(22)30)21-13-10-15-23(26(21)31)36-19-11-17-32-27(34)38-29(4,5)6/h9-10,12-15H,7-8,11,16-19H2,1-6H3,(H,32,34). The molecule has 0 radical (unpaired) electrons. The normalized spacial score (nSPS) is 11.6. The number of ether oxygens (including phenoxy) is 4. The third-order valence-corrected chi connectivity index (χ3v) is 5.70. The Kier molecular flexibility index (Phi) is 12.0. The van der Waals surface area contributed by atoms with Crippen LogP contribution < -0.4 is 14.8 Å². The quantitative estimate of drug-likeness (QED) is 0.207. The summed E-state index contributed by atoms with van der Waals surface area (Å²) in [7, 11) is 0. The van der Waals surface area contributed by atoms with Gasteiger partial charge in [-0.15, -0.1) is 0 Å². The molecule has 38 heavy (non-hydrogen) atoms. The van der Waals surface area contributed by atoms with E-state index in [4.69, 9.17) is 42.1 Å². The SMILES string of the molecule is CC(C)(C)OC(=O)CCCCOc1cccc(-c2cccc(OCCCNC(=O)OC(C)(C)C)c2Cl)c1Cl. The summed E-state index contributed by atoms with van der Waals surface area (Å²) in [4.78, 5) is 23.6. The zero-order valence-electron chi connectivity index (χ0n) is 23.1. The monoisotopic (exact) mass is 567 g/mol. The van der Waals surface area contributed by atoms with Crippen LogP contribution in [0, 0.1) is 0 Å². The second-order valence-corrected chi connectivity index (χ2v) is 11.5. The van der Waals surface area contributed by atoms with E-state index in [0.717, 1.165) is 11.1 Å². The Balaban J connectivity index is 1.90.